The van der Waals surface area contributed by atoms with Gasteiger partial charge in [0.2, 0.25) is 0 Å². The van der Waals surface area contributed by atoms with Crippen LogP contribution in [-0.2, 0) is 6.18 Å². The molecule has 100 valence electrons. The summed E-state index contributed by atoms with van der Waals surface area (Å²) in [6.07, 6.45) is -4.43. The number of rotatable bonds is 1. The van der Waals surface area contributed by atoms with Crippen molar-refractivity contribution in [1.82, 2.24) is 0 Å². The average Bonchev–Trinajstić information content (AvgIpc) is 2.29. The van der Waals surface area contributed by atoms with Gasteiger partial charge in [0.15, 0.2) is 0 Å². The number of anilines is 2. The van der Waals surface area contributed by atoms with Crippen molar-refractivity contribution in [1.29, 1.82) is 0 Å². The number of hydrogen-bond donors (Lipinski definition) is 1. The third-order valence-electron chi connectivity index (χ3n) is 3.12. The molecule has 1 aliphatic rings. The second kappa shape index (κ2) is 4.66. The SMILES string of the molecule is Nc1cc(C(F)(F)F)ccc1N1CCC(F)CC1. The number of hydrogen-bond acceptors (Lipinski definition) is 2. The lowest BCUT2D eigenvalue weighted by atomic mass is 10.1. The van der Waals surface area contributed by atoms with Gasteiger partial charge in [-0.05, 0) is 31.0 Å². The van der Waals surface area contributed by atoms with E-state index in [1.54, 1.807) is 0 Å². The number of nitrogens with zero attached hydrogens (tertiary/aromatic N) is 1. The van der Waals surface area contributed by atoms with E-state index in [2.05, 4.69) is 0 Å². The number of piperidine rings is 1. The van der Waals surface area contributed by atoms with E-state index in [1.165, 1.54) is 6.07 Å². The minimum absolute atomic E-state index is 0.0853. The number of nitrogen functional groups attached to an aromatic ring is 1. The van der Waals surface area contributed by atoms with Crippen LogP contribution in [0.3, 0.4) is 0 Å². The quantitative estimate of drug-likeness (QED) is 0.622. The van der Waals surface area contributed by atoms with E-state index >= 15 is 0 Å². The van der Waals surface area contributed by atoms with Gasteiger partial charge in [0.1, 0.15) is 6.17 Å². The minimum Gasteiger partial charge on any atom is -0.397 e. The predicted octanol–water partition coefficient (Wildman–Crippen LogP) is 3.23. The molecule has 1 aromatic carbocycles. The molecule has 0 aromatic heterocycles. The zero-order chi connectivity index (χ0) is 13.3. The van der Waals surface area contributed by atoms with Crippen molar-refractivity contribution in [2.24, 2.45) is 0 Å². The molecule has 2 N–H and O–H groups in total. The van der Waals surface area contributed by atoms with Gasteiger partial charge in [-0.1, -0.05) is 0 Å². The van der Waals surface area contributed by atoms with Gasteiger partial charge in [0.05, 0.1) is 16.9 Å². The van der Waals surface area contributed by atoms with E-state index < -0.39 is 17.9 Å². The molecule has 0 saturated carbocycles. The van der Waals surface area contributed by atoms with Crippen LogP contribution >= 0.6 is 0 Å². The van der Waals surface area contributed by atoms with Gasteiger partial charge in [-0.3, -0.25) is 0 Å². The standard InChI is InChI=1S/C12H14F4N2/c13-9-3-5-18(6-4-9)11-2-1-8(7-10(11)17)12(14,15)16/h1-2,7,9H,3-6,17H2. The Morgan fingerprint density at radius 3 is 2.28 bits per heavy atom. The van der Waals surface area contributed by atoms with E-state index in [4.69, 9.17) is 5.73 Å². The molecule has 1 heterocycles. The summed E-state index contributed by atoms with van der Waals surface area (Å²) in [7, 11) is 0. The van der Waals surface area contributed by atoms with Gasteiger partial charge >= 0.3 is 6.18 Å². The molecule has 1 saturated heterocycles. The highest BCUT2D eigenvalue weighted by Crippen LogP contribution is 2.34. The van der Waals surface area contributed by atoms with E-state index in [9.17, 15) is 17.6 Å². The molecular weight excluding hydrogens is 248 g/mol. The first-order valence-corrected chi connectivity index (χ1v) is 5.73. The Hall–Kier alpha value is -1.46. The Morgan fingerprint density at radius 2 is 1.78 bits per heavy atom. The Kier molecular flexibility index (Phi) is 3.36. The third-order valence-corrected chi connectivity index (χ3v) is 3.12. The topological polar surface area (TPSA) is 29.3 Å². The highest BCUT2D eigenvalue weighted by atomic mass is 19.4. The second-order valence-corrected chi connectivity index (χ2v) is 4.43. The molecule has 2 nitrogen and oxygen atoms in total. The van der Waals surface area contributed by atoms with Crippen LogP contribution in [0.25, 0.3) is 0 Å². The summed E-state index contributed by atoms with van der Waals surface area (Å²) in [6.45, 7) is 0.966. The monoisotopic (exact) mass is 262 g/mol. The number of halogens is 4. The van der Waals surface area contributed by atoms with Crippen LogP contribution in [0.2, 0.25) is 0 Å². The summed E-state index contributed by atoms with van der Waals surface area (Å²) in [4.78, 5) is 1.82. The van der Waals surface area contributed by atoms with Crippen molar-refractivity contribution in [2.75, 3.05) is 23.7 Å². The summed E-state index contributed by atoms with van der Waals surface area (Å²) < 4.78 is 50.4. The zero-order valence-electron chi connectivity index (χ0n) is 9.67. The van der Waals surface area contributed by atoms with Crippen molar-refractivity contribution < 1.29 is 17.6 Å². The molecule has 1 aliphatic heterocycles. The molecule has 0 amide bonds. The first kappa shape index (κ1) is 13.0. The smallest absolute Gasteiger partial charge is 0.397 e. The minimum atomic E-state index is -4.39. The fourth-order valence-electron chi connectivity index (χ4n) is 2.11. The highest BCUT2D eigenvalue weighted by molar-refractivity contribution is 5.68. The van der Waals surface area contributed by atoms with Crippen LogP contribution < -0.4 is 10.6 Å². The Labute approximate surface area is 102 Å². The predicted molar refractivity (Wildman–Crippen MR) is 62.2 cm³/mol. The zero-order valence-corrected chi connectivity index (χ0v) is 9.67. The van der Waals surface area contributed by atoms with Crippen LogP contribution in [0.5, 0.6) is 0 Å². The molecule has 1 aromatic rings. The molecule has 6 heteroatoms. The summed E-state index contributed by atoms with van der Waals surface area (Å²) in [6, 6.07) is 3.29. The third kappa shape index (κ3) is 2.68. The van der Waals surface area contributed by atoms with Gasteiger partial charge in [0, 0.05) is 13.1 Å². The molecular formula is C12H14F4N2. The fourth-order valence-corrected chi connectivity index (χ4v) is 2.11. The number of benzene rings is 1. The van der Waals surface area contributed by atoms with Crippen molar-refractivity contribution >= 4 is 11.4 Å². The van der Waals surface area contributed by atoms with Gasteiger partial charge in [-0.15, -0.1) is 0 Å². The molecule has 2 rings (SSSR count). The van der Waals surface area contributed by atoms with Gasteiger partial charge < -0.3 is 10.6 Å². The largest absolute Gasteiger partial charge is 0.416 e. The molecule has 18 heavy (non-hydrogen) atoms. The molecule has 0 bridgehead atoms. The van der Waals surface area contributed by atoms with Crippen LogP contribution in [0.15, 0.2) is 18.2 Å². The van der Waals surface area contributed by atoms with E-state index in [0.717, 1.165) is 12.1 Å². The maximum absolute atomic E-state index is 13.0. The van der Waals surface area contributed by atoms with Crippen LogP contribution in [0.1, 0.15) is 18.4 Å². The fraction of sp³-hybridized carbons (Fsp3) is 0.500. The van der Waals surface area contributed by atoms with E-state index in [0.29, 0.717) is 31.6 Å². The molecule has 0 aliphatic carbocycles. The van der Waals surface area contributed by atoms with Gasteiger partial charge in [-0.2, -0.15) is 13.2 Å². The van der Waals surface area contributed by atoms with E-state index in [-0.39, 0.29) is 5.69 Å². The summed E-state index contributed by atoms with van der Waals surface area (Å²) in [5.74, 6) is 0. The first-order valence-electron chi connectivity index (χ1n) is 5.73. The van der Waals surface area contributed by atoms with E-state index in [1.807, 2.05) is 4.90 Å². The summed E-state index contributed by atoms with van der Waals surface area (Å²) in [5, 5.41) is 0. The maximum atomic E-state index is 13.0. The lowest BCUT2D eigenvalue weighted by Gasteiger charge is -2.31. The van der Waals surface area contributed by atoms with Gasteiger partial charge in [0.25, 0.3) is 0 Å². The van der Waals surface area contributed by atoms with Crippen molar-refractivity contribution in [2.45, 2.75) is 25.2 Å². The maximum Gasteiger partial charge on any atom is 0.416 e. The lowest BCUT2D eigenvalue weighted by Crippen LogP contribution is -2.34. The molecule has 0 spiro atoms. The van der Waals surface area contributed by atoms with Crippen LogP contribution in [-0.4, -0.2) is 19.3 Å². The Bertz CT molecular complexity index is 423. The first-order chi connectivity index (χ1) is 8.38. The van der Waals surface area contributed by atoms with Crippen LogP contribution in [0.4, 0.5) is 28.9 Å². The summed E-state index contributed by atoms with van der Waals surface area (Å²) in [5.41, 5.74) is 5.52. The number of nitrogens with two attached hydrogens (primary N) is 1. The van der Waals surface area contributed by atoms with Gasteiger partial charge in [-0.25, -0.2) is 4.39 Å². The van der Waals surface area contributed by atoms with Crippen LogP contribution in [0, 0.1) is 0 Å². The normalized spacial score (nSPS) is 18.1. The molecule has 1 fully saturated rings. The molecule has 0 atom stereocenters. The Balaban J connectivity index is 2.20. The molecule has 0 radical (unpaired) electrons. The van der Waals surface area contributed by atoms with Crippen molar-refractivity contribution in [3.63, 3.8) is 0 Å². The van der Waals surface area contributed by atoms with Crippen molar-refractivity contribution in [3.05, 3.63) is 23.8 Å². The highest BCUT2D eigenvalue weighted by Gasteiger charge is 2.31. The molecule has 0 unspecified atom stereocenters. The summed E-state index contributed by atoms with van der Waals surface area (Å²) >= 11 is 0. The Morgan fingerprint density at radius 1 is 1.17 bits per heavy atom. The average molecular weight is 262 g/mol. The lowest BCUT2D eigenvalue weighted by molar-refractivity contribution is -0.137. The second-order valence-electron chi connectivity index (χ2n) is 4.43. The van der Waals surface area contributed by atoms with Crippen molar-refractivity contribution in [3.8, 4) is 0 Å². The number of alkyl halides is 4.